The molecule has 0 amide bonds. The van der Waals surface area contributed by atoms with Crippen LogP contribution in [0.25, 0.3) is 72.7 Å². The number of hydrogen-bond donors (Lipinski definition) is 1. The maximum atomic E-state index is 12.6. The van der Waals surface area contributed by atoms with Gasteiger partial charge in [0.05, 0.1) is 22.3 Å². The number of fused-ring (bicyclic) bond motifs is 4. The summed E-state index contributed by atoms with van der Waals surface area (Å²) in [6.07, 6.45) is 1.96. The Hall–Kier alpha value is -5.57. The molecule has 2 heterocycles. The number of imidazole rings is 1. The molecule has 0 saturated heterocycles. The van der Waals surface area contributed by atoms with Gasteiger partial charge in [-0.1, -0.05) is 192 Å². The summed E-state index contributed by atoms with van der Waals surface area (Å²) in [6.45, 7) is 28.6. The van der Waals surface area contributed by atoms with Crippen LogP contribution in [0.5, 0.6) is 5.75 Å². The SMILES string of the molecule is [2H]C([2H])([2H])c1ccc2c(c1)C(C)(C)c1cnc(-c3[c-]c(-c4cccc5c4nc(-c4cc(C(C)(C)C)cc(C(C)(C)C)c4O)n5-c4ccc(C(C)(C)C)cc4-c4ccccc4)cc(C(C)(C)C)c3)cc1-2.[Pt]. The molecular formula is C62H66N3OPt-. The number of para-hydroxylation sites is 1. The molecule has 1 aliphatic carbocycles. The molecule has 2 aromatic heterocycles. The molecule has 0 atom stereocenters. The molecule has 8 aromatic rings. The monoisotopic (exact) mass is 1070 g/mol. The molecule has 0 saturated carbocycles. The zero-order chi connectivity index (χ0) is 50.0. The fourth-order valence-electron chi connectivity index (χ4n) is 9.65. The fraction of sp³-hybridized carbons (Fsp3) is 0.323. The Morgan fingerprint density at radius 1 is 0.582 bits per heavy atom. The molecule has 346 valence electrons. The van der Waals surface area contributed by atoms with Gasteiger partial charge in [0.25, 0.3) is 0 Å². The standard InChI is InChI=1S/C62H66N3O.Pt/c1-37-24-26-45-47-35-52(63-36-51(47)62(14,15)49(45)28-37)40-29-39(30-42(31-40)59(5,6)7)44-22-19-23-54-55(44)64-57(48-33-43(60(8,9)10)34-50(56(48)66)61(11,12)13)65(54)53-27-25-41(58(2,3)4)32-46(53)38-20-17-16-18-21-38;/h16-28,30-36,66H,1-15H3;/q-1;/i1D3;. The minimum atomic E-state index is -2.20. The number of benzene rings is 6. The molecule has 0 bridgehead atoms. The normalized spacial score (nSPS) is 14.5. The van der Waals surface area contributed by atoms with Crippen LogP contribution in [0, 0.1) is 12.9 Å². The van der Waals surface area contributed by atoms with E-state index in [0.717, 1.165) is 89.2 Å². The van der Waals surface area contributed by atoms with E-state index in [4.69, 9.17) is 14.1 Å². The number of hydrogen-bond acceptors (Lipinski definition) is 3. The Morgan fingerprint density at radius 2 is 1.24 bits per heavy atom. The summed E-state index contributed by atoms with van der Waals surface area (Å²) in [6, 6.07) is 44.0. The first-order chi connectivity index (χ1) is 32.0. The van der Waals surface area contributed by atoms with Crippen molar-refractivity contribution in [1.82, 2.24) is 14.5 Å². The number of aromatic hydroxyl groups is 1. The Bertz CT molecular complexity index is 3330. The molecule has 0 spiro atoms. The van der Waals surface area contributed by atoms with Crippen LogP contribution in [-0.2, 0) is 48.1 Å². The topological polar surface area (TPSA) is 50.9 Å². The van der Waals surface area contributed by atoms with Crippen molar-refractivity contribution in [2.75, 3.05) is 0 Å². The predicted molar refractivity (Wildman–Crippen MR) is 278 cm³/mol. The summed E-state index contributed by atoms with van der Waals surface area (Å²) in [5.74, 6) is 0.884. The number of pyridine rings is 1. The second kappa shape index (κ2) is 16.6. The van der Waals surface area contributed by atoms with E-state index in [0.29, 0.717) is 17.0 Å². The summed E-state index contributed by atoms with van der Waals surface area (Å²) in [4.78, 5) is 10.8. The average Bonchev–Trinajstić information content (AvgIpc) is 3.76. The second-order valence-electron chi connectivity index (χ2n) is 23.2. The molecule has 67 heavy (non-hydrogen) atoms. The summed E-state index contributed by atoms with van der Waals surface area (Å²) in [5, 5.41) is 12.6. The summed E-state index contributed by atoms with van der Waals surface area (Å²) in [7, 11) is 0. The van der Waals surface area contributed by atoms with Crippen molar-refractivity contribution in [3.63, 3.8) is 0 Å². The predicted octanol–water partition coefficient (Wildman–Crippen LogP) is 16.4. The van der Waals surface area contributed by atoms with Gasteiger partial charge in [-0.15, -0.1) is 29.3 Å². The van der Waals surface area contributed by atoms with Crippen molar-refractivity contribution < 1.29 is 30.3 Å². The fourth-order valence-corrected chi connectivity index (χ4v) is 9.65. The van der Waals surface area contributed by atoms with E-state index in [1.165, 1.54) is 5.56 Å². The zero-order valence-electron chi connectivity index (χ0n) is 44.7. The quantitative estimate of drug-likeness (QED) is 0.175. The number of aryl methyl sites for hydroxylation is 1. The van der Waals surface area contributed by atoms with Gasteiger partial charge in [-0.3, -0.25) is 9.55 Å². The van der Waals surface area contributed by atoms with Gasteiger partial charge < -0.3 is 5.11 Å². The van der Waals surface area contributed by atoms with E-state index in [-0.39, 0.29) is 48.5 Å². The van der Waals surface area contributed by atoms with Crippen LogP contribution in [0.3, 0.4) is 0 Å². The number of phenols is 1. The van der Waals surface area contributed by atoms with Gasteiger partial charge in [0.1, 0.15) is 11.6 Å². The molecule has 0 aliphatic heterocycles. The average molecular weight is 1070 g/mol. The Labute approximate surface area is 418 Å². The Kier molecular flexibility index (Phi) is 10.9. The van der Waals surface area contributed by atoms with E-state index in [1.54, 1.807) is 6.07 Å². The molecule has 4 nitrogen and oxygen atoms in total. The van der Waals surface area contributed by atoms with Crippen LogP contribution in [0.15, 0.2) is 121 Å². The largest absolute Gasteiger partial charge is 0.507 e. The van der Waals surface area contributed by atoms with E-state index in [1.807, 2.05) is 18.3 Å². The van der Waals surface area contributed by atoms with Gasteiger partial charge in [-0.05, 0) is 91.7 Å². The minimum absolute atomic E-state index is 0. The van der Waals surface area contributed by atoms with Crippen LogP contribution in [0.4, 0.5) is 0 Å². The first-order valence-electron chi connectivity index (χ1n) is 24.9. The molecular weight excluding hydrogens is 998 g/mol. The third-order valence-corrected chi connectivity index (χ3v) is 13.8. The third kappa shape index (κ3) is 8.54. The third-order valence-electron chi connectivity index (χ3n) is 13.8. The van der Waals surface area contributed by atoms with Crippen molar-refractivity contribution in [3.8, 4) is 67.5 Å². The van der Waals surface area contributed by atoms with Gasteiger partial charge in [0.15, 0.2) is 0 Å². The smallest absolute Gasteiger partial charge is 0.148 e. The van der Waals surface area contributed by atoms with Gasteiger partial charge in [-0.2, -0.15) is 0 Å². The maximum Gasteiger partial charge on any atom is 0.148 e. The van der Waals surface area contributed by atoms with Gasteiger partial charge in [0, 0.05) is 53.6 Å². The van der Waals surface area contributed by atoms with Crippen LogP contribution in [-0.4, -0.2) is 19.6 Å². The molecule has 0 fully saturated rings. The van der Waals surface area contributed by atoms with Gasteiger partial charge in [0.2, 0.25) is 0 Å². The molecule has 1 N–H and O–H groups in total. The minimum Gasteiger partial charge on any atom is -0.507 e. The van der Waals surface area contributed by atoms with Crippen molar-refractivity contribution >= 4 is 11.0 Å². The number of aromatic nitrogens is 3. The molecule has 5 heteroatoms. The summed E-state index contributed by atoms with van der Waals surface area (Å²) < 4.78 is 26.6. The summed E-state index contributed by atoms with van der Waals surface area (Å²) in [5.41, 5.74) is 16.5. The van der Waals surface area contributed by atoms with Gasteiger partial charge in [-0.25, -0.2) is 4.98 Å². The van der Waals surface area contributed by atoms with Gasteiger partial charge >= 0.3 is 0 Å². The number of nitrogens with zero attached hydrogens (tertiary/aromatic N) is 3. The Morgan fingerprint density at radius 3 is 1.90 bits per heavy atom. The summed E-state index contributed by atoms with van der Waals surface area (Å²) >= 11 is 0. The molecule has 9 rings (SSSR count). The van der Waals surface area contributed by atoms with E-state index >= 15 is 0 Å². The van der Waals surface area contributed by atoms with Crippen LogP contribution in [0.2, 0.25) is 0 Å². The molecule has 1 aliphatic rings. The number of phenolic OH excluding ortho intramolecular Hbond substituents is 1. The Balaban J connectivity index is 0.00000659. The molecule has 6 aromatic carbocycles. The van der Waals surface area contributed by atoms with Crippen molar-refractivity contribution in [2.24, 2.45) is 0 Å². The second-order valence-corrected chi connectivity index (χ2v) is 23.2. The van der Waals surface area contributed by atoms with Crippen LogP contribution in [0.1, 0.15) is 140 Å². The van der Waals surface area contributed by atoms with E-state index in [2.05, 4.69) is 205 Å². The van der Waals surface area contributed by atoms with Crippen LogP contribution < -0.4 is 0 Å². The van der Waals surface area contributed by atoms with Crippen molar-refractivity contribution in [3.05, 3.63) is 166 Å². The van der Waals surface area contributed by atoms with E-state index in [9.17, 15) is 5.11 Å². The first kappa shape index (κ1) is 44.0. The van der Waals surface area contributed by atoms with E-state index < -0.39 is 12.3 Å². The van der Waals surface area contributed by atoms with Crippen molar-refractivity contribution in [1.29, 1.82) is 0 Å². The van der Waals surface area contributed by atoms with Crippen LogP contribution >= 0.6 is 0 Å². The maximum absolute atomic E-state index is 12.6. The van der Waals surface area contributed by atoms with Crippen molar-refractivity contribution in [2.45, 2.75) is 131 Å². The number of rotatable bonds is 5. The zero-order valence-corrected chi connectivity index (χ0v) is 43.9. The first-order valence-corrected chi connectivity index (χ1v) is 23.4. The molecule has 0 radical (unpaired) electrons. The molecule has 0 unspecified atom stereocenters.